The van der Waals surface area contributed by atoms with E-state index in [1.54, 1.807) is 18.3 Å². The molecule has 1 N–H and O–H groups in total. The van der Waals surface area contributed by atoms with Crippen LogP contribution in [0.1, 0.15) is 45.1 Å². The van der Waals surface area contributed by atoms with Crippen molar-refractivity contribution in [3.05, 3.63) is 59.1 Å². The summed E-state index contributed by atoms with van der Waals surface area (Å²) >= 11 is 6.91. The third-order valence-electron chi connectivity index (χ3n) is 9.67. The molecule has 9 heteroatoms. The highest BCUT2D eigenvalue weighted by Gasteiger charge is 2.65. The summed E-state index contributed by atoms with van der Waals surface area (Å²) in [5.41, 5.74) is 3.64. The molecular weight excluding hydrogens is 513 g/mol. The highest BCUT2D eigenvalue weighted by atomic mass is 35.5. The molecule has 1 aliphatic carbocycles. The van der Waals surface area contributed by atoms with Crippen LogP contribution in [0.4, 0.5) is 16.0 Å². The minimum Gasteiger partial charge on any atom is -0.355 e. The van der Waals surface area contributed by atoms with Gasteiger partial charge < -0.3 is 9.80 Å². The van der Waals surface area contributed by atoms with Crippen molar-refractivity contribution in [3.63, 3.8) is 0 Å². The third-order valence-corrected chi connectivity index (χ3v) is 10.0. The van der Waals surface area contributed by atoms with E-state index < -0.39 is 0 Å². The van der Waals surface area contributed by atoms with Crippen molar-refractivity contribution in [1.29, 1.82) is 0 Å². The molecule has 3 aliphatic rings. The Kier molecular flexibility index (Phi) is 5.99. The smallest absolute Gasteiger partial charge is 0.202 e. The number of nitrogens with one attached hydrogen (secondary N) is 1. The van der Waals surface area contributed by atoms with Crippen LogP contribution in [0.2, 0.25) is 5.02 Å². The summed E-state index contributed by atoms with van der Waals surface area (Å²) in [5, 5.41) is 8.27. The summed E-state index contributed by atoms with van der Waals surface area (Å²) in [6, 6.07) is 9.20. The minimum atomic E-state index is -0.0848. The van der Waals surface area contributed by atoms with Crippen molar-refractivity contribution < 1.29 is 4.39 Å². The summed E-state index contributed by atoms with van der Waals surface area (Å²) in [6.07, 6.45) is 7.93. The third kappa shape index (κ3) is 3.82. The predicted octanol–water partition coefficient (Wildman–Crippen LogP) is 6.25. The van der Waals surface area contributed by atoms with Crippen molar-refractivity contribution in [3.8, 4) is 11.3 Å². The maximum Gasteiger partial charge on any atom is 0.202 e. The van der Waals surface area contributed by atoms with E-state index >= 15 is 0 Å². The van der Waals surface area contributed by atoms with Gasteiger partial charge in [-0.3, -0.25) is 5.10 Å². The van der Waals surface area contributed by atoms with Gasteiger partial charge >= 0.3 is 0 Å². The summed E-state index contributed by atoms with van der Waals surface area (Å²) in [6.45, 7) is 8.09. The van der Waals surface area contributed by atoms with Crippen LogP contribution in [-0.2, 0) is 5.41 Å². The molecule has 2 saturated heterocycles. The number of piperidine rings is 1. The zero-order chi connectivity index (χ0) is 26.7. The van der Waals surface area contributed by atoms with E-state index in [0.717, 1.165) is 80.3 Å². The Hall–Kier alpha value is -3.26. The van der Waals surface area contributed by atoms with Gasteiger partial charge in [0, 0.05) is 43.4 Å². The number of hydrogen-bond donors (Lipinski definition) is 1. The number of H-pyrrole nitrogens is 1. The summed E-state index contributed by atoms with van der Waals surface area (Å²) in [4.78, 5) is 18.9. The summed E-state index contributed by atoms with van der Waals surface area (Å²) < 4.78 is 14.8. The molecule has 4 aromatic rings. The quantitative estimate of drug-likeness (QED) is 0.309. The van der Waals surface area contributed by atoms with Gasteiger partial charge in [-0.05, 0) is 54.7 Å². The zero-order valence-corrected chi connectivity index (χ0v) is 23.1. The Labute approximate surface area is 232 Å². The lowest BCUT2D eigenvalue weighted by Gasteiger charge is -2.26. The van der Waals surface area contributed by atoms with Gasteiger partial charge in [0.25, 0.3) is 0 Å². The number of nitrogens with zero attached hydrogens (tertiary/aromatic N) is 6. The van der Waals surface area contributed by atoms with Gasteiger partial charge in [0.15, 0.2) is 0 Å². The van der Waals surface area contributed by atoms with Crippen LogP contribution in [-0.4, -0.2) is 51.3 Å². The van der Waals surface area contributed by atoms with E-state index in [2.05, 4.69) is 38.8 Å². The first-order valence-corrected chi connectivity index (χ1v) is 14.5. The normalized spacial score (nSPS) is 26.3. The Morgan fingerprint density at radius 3 is 2.69 bits per heavy atom. The van der Waals surface area contributed by atoms with E-state index in [-0.39, 0.29) is 11.2 Å². The molecule has 0 amide bonds. The number of fused-ring (bicyclic) bond motifs is 2. The van der Waals surface area contributed by atoms with Crippen molar-refractivity contribution in [1.82, 2.24) is 25.1 Å². The van der Waals surface area contributed by atoms with Gasteiger partial charge in [-0.15, -0.1) is 0 Å². The molecule has 0 bridgehead atoms. The average Bonchev–Trinajstić information content (AvgIpc) is 3.25. The number of aromatic amines is 1. The first-order chi connectivity index (χ1) is 19.0. The van der Waals surface area contributed by atoms with Crippen LogP contribution in [0.5, 0.6) is 0 Å². The highest BCUT2D eigenvalue weighted by Crippen LogP contribution is 2.65. The molecule has 2 aliphatic heterocycles. The number of anilines is 2. The van der Waals surface area contributed by atoms with Crippen molar-refractivity contribution in [2.45, 2.75) is 44.9 Å². The number of pyridine rings is 1. The fraction of sp³-hybridized carbons (Fsp3) is 0.467. The fourth-order valence-corrected chi connectivity index (χ4v) is 7.80. The van der Waals surface area contributed by atoms with Crippen molar-refractivity contribution in [2.24, 2.45) is 17.8 Å². The number of aromatic nitrogens is 5. The lowest BCUT2D eigenvalue weighted by molar-refractivity contribution is 0.516. The Balaban J connectivity index is 1.15. The largest absolute Gasteiger partial charge is 0.355 e. The maximum atomic E-state index is 14.8. The van der Waals surface area contributed by atoms with Crippen LogP contribution in [0, 0.1) is 23.6 Å². The fourth-order valence-electron chi connectivity index (χ4n) is 7.47. The van der Waals surface area contributed by atoms with Crippen LogP contribution in [0.25, 0.3) is 22.4 Å². The molecule has 5 heterocycles. The SMILES string of the molecule is CC[C@H]1CCN(c2nccc(-c3[nH]nc4nc(N5CC[C@@H]6[C@H](C5)[C@@]6(CC)c5ccccc5F)cnc34)c2Cl)C1. The molecule has 0 spiro atoms. The second-order valence-electron chi connectivity index (χ2n) is 11.3. The van der Waals surface area contributed by atoms with Gasteiger partial charge in [-0.25, -0.2) is 19.3 Å². The predicted molar refractivity (Wildman–Crippen MR) is 153 cm³/mol. The average molecular weight is 546 g/mol. The Morgan fingerprint density at radius 2 is 1.90 bits per heavy atom. The van der Waals surface area contributed by atoms with Crippen LogP contribution >= 0.6 is 11.6 Å². The summed E-state index contributed by atoms with van der Waals surface area (Å²) in [5.74, 6) is 3.15. The molecule has 3 fully saturated rings. The molecule has 0 radical (unpaired) electrons. The van der Waals surface area contributed by atoms with Crippen LogP contribution in [0.3, 0.4) is 0 Å². The van der Waals surface area contributed by atoms with E-state index in [1.165, 1.54) is 0 Å². The van der Waals surface area contributed by atoms with Crippen molar-refractivity contribution in [2.75, 3.05) is 36.0 Å². The van der Waals surface area contributed by atoms with Gasteiger partial charge in [0.05, 0.1) is 16.9 Å². The molecule has 7 rings (SSSR count). The number of rotatable bonds is 6. The van der Waals surface area contributed by atoms with Gasteiger partial charge in [0.2, 0.25) is 5.65 Å². The number of benzene rings is 1. The maximum absolute atomic E-state index is 14.8. The van der Waals surface area contributed by atoms with Gasteiger partial charge in [0.1, 0.15) is 23.0 Å². The number of hydrogen-bond acceptors (Lipinski definition) is 6. The monoisotopic (exact) mass is 545 g/mol. The second-order valence-corrected chi connectivity index (χ2v) is 11.7. The first-order valence-electron chi connectivity index (χ1n) is 14.2. The van der Waals surface area contributed by atoms with Gasteiger partial charge in [-0.1, -0.05) is 50.1 Å². The first kappa shape index (κ1) is 24.8. The zero-order valence-electron chi connectivity index (χ0n) is 22.4. The molecule has 202 valence electrons. The molecule has 4 atom stereocenters. The molecule has 0 unspecified atom stereocenters. The van der Waals surface area contributed by atoms with E-state index in [4.69, 9.17) is 21.6 Å². The molecular formula is C30H33ClFN7. The van der Waals surface area contributed by atoms with Crippen LogP contribution < -0.4 is 9.80 Å². The standard InChI is InChI=1S/C30H33ClFN7/c1-3-18-10-13-39(16-18)29-25(31)19(9-12-33-29)26-27-28(37-36-26)35-24(15-34-27)38-14-11-20-22(17-38)30(20,4-2)21-7-5-6-8-23(21)32/h5-9,12,15,18,20,22H,3-4,10-11,13-14,16-17H2,1-2H3,(H,35,36,37)/t18-,20+,22-,30+/m0/s1. The van der Waals surface area contributed by atoms with Gasteiger partial charge in [-0.2, -0.15) is 5.10 Å². The van der Waals surface area contributed by atoms with E-state index in [0.29, 0.717) is 33.9 Å². The van der Waals surface area contributed by atoms with E-state index in [1.807, 2.05) is 24.4 Å². The van der Waals surface area contributed by atoms with E-state index in [9.17, 15) is 4.39 Å². The topological polar surface area (TPSA) is 73.8 Å². The number of halogens is 2. The lowest BCUT2D eigenvalue weighted by atomic mass is 9.88. The highest BCUT2D eigenvalue weighted by molar-refractivity contribution is 6.36. The molecule has 3 aromatic heterocycles. The molecule has 39 heavy (non-hydrogen) atoms. The molecule has 7 nitrogen and oxygen atoms in total. The summed E-state index contributed by atoms with van der Waals surface area (Å²) in [7, 11) is 0. The molecule has 1 aromatic carbocycles. The Morgan fingerprint density at radius 1 is 1.05 bits per heavy atom. The van der Waals surface area contributed by atoms with Crippen molar-refractivity contribution >= 4 is 34.4 Å². The lowest BCUT2D eigenvalue weighted by Crippen LogP contribution is -2.32. The Bertz CT molecular complexity index is 1540. The van der Waals surface area contributed by atoms with Crippen LogP contribution in [0.15, 0.2) is 42.7 Å². The second kappa shape index (κ2) is 9.44. The minimum absolute atomic E-state index is 0.0839. The molecule has 1 saturated carbocycles.